The van der Waals surface area contributed by atoms with E-state index in [0.29, 0.717) is 6.54 Å². The SMILES string of the molecule is CCN(CC)[C@@H](CNC(=O)[C@@H](C)c1c(C)n[nH]c1C)c1ccccc1. The second-order valence-electron chi connectivity index (χ2n) is 6.46. The molecule has 0 unspecified atom stereocenters. The number of benzene rings is 1. The van der Waals surface area contributed by atoms with Gasteiger partial charge >= 0.3 is 0 Å². The van der Waals surface area contributed by atoms with Crippen LogP contribution in [0.4, 0.5) is 0 Å². The van der Waals surface area contributed by atoms with Crippen molar-refractivity contribution in [1.29, 1.82) is 0 Å². The lowest BCUT2D eigenvalue weighted by Gasteiger charge is -2.30. The van der Waals surface area contributed by atoms with Gasteiger partial charge in [-0.05, 0) is 39.4 Å². The summed E-state index contributed by atoms with van der Waals surface area (Å²) in [5, 5.41) is 10.3. The molecule has 0 saturated carbocycles. The van der Waals surface area contributed by atoms with Crippen molar-refractivity contribution >= 4 is 5.91 Å². The number of hydrogen-bond donors (Lipinski definition) is 2. The quantitative estimate of drug-likeness (QED) is 0.773. The minimum absolute atomic E-state index is 0.0423. The maximum Gasteiger partial charge on any atom is 0.227 e. The standard InChI is InChI=1S/C20H30N4O/c1-6-24(7-2)18(17-11-9-8-10-12-17)13-21-20(25)14(3)19-15(4)22-23-16(19)5/h8-12,14,18H,6-7,13H2,1-5H3,(H,21,25)(H,22,23)/t14-,18-/m0/s1. The summed E-state index contributed by atoms with van der Waals surface area (Å²) < 4.78 is 0. The smallest absolute Gasteiger partial charge is 0.227 e. The average Bonchev–Trinajstić information content (AvgIpc) is 2.97. The van der Waals surface area contributed by atoms with Crippen molar-refractivity contribution in [1.82, 2.24) is 20.4 Å². The van der Waals surface area contributed by atoms with Gasteiger partial charge in [-0.25, -0.2) is 0 Å². The van der Waals surface area contributed by atoms with E-state index in [2.05, 4.69) is 58.5 Å². The van der Waals surface area contributed by atoms with Crippen LogP contribution in [-0.4, -0.2) is 40.6 Å². The van der Waals surface area contributed by atoms with Crippen LogP contribution < -0.4 is 5.32 Å². The first kappa shape index (κ1) is 19.2. The molecular weight excluding hydrogens is 312 g/mol. The van der Waals surface area contributed by atoms with E-state index < -0.39 is 0 Å². The summed E-state index contributed by atoms with van der Waals surface area (Å²) in [5.41, 5.74) is 4.08. The molecule has 0 aliphatic heterocycles. The normalized spacial score (nSPS) is 13.7. The lowest BCUT2D eigenvalue weighted by molar-refractivity contribution is -0.122. The van der Waals surface area contributed by atoms with Crippen molar-refractivity contribution < 1.29 is 4.79 Å². The van der Waals surface area contributed by atoms with Gasteiger partial charge in [-0.2, -0.15) is 5.10 Å². The molecule has 2 rings (SSSR count). The number of aromatic amines is 1. The zero-order valence-electron chi connectivity index (χ0n) is 16.0. The van der Waals surface area contributed by atoms with Crippen LogP contribution in [0.25, 0.3) is 0 Å². The first-order valence-corrected chi connectivity index (χ1v) is 9.07. The third kappa shape index (κ3) is 4.48. The molecule has 5 heteroatoms. The Morgan fingerprint density at radius 2 is 1.84 bits per heavy atom. The van der Waals surface area contributed by atoms with Gasteiger partial charge in [-0.15, -0.1) is 0 Å². The van der Waals surface area contributed by atoms with Crippen molar-refractivity contribution in [2.75, 3.05) is 19.6 Å². The highest BCUT2D eigenvalue weighted by atomic mass is 16.1. The molecule has 0 bridgehead atoms. The van der Waals surface area contributed by atoms with Gasteiger partial charge < -0.3 is 5.32 Å². The monoisotopic (exact) mass is 342 g/mol. The maximum atomic E-state index is 12.7. The Labute approximate surface area is 150 Å². The number of H-pyrrole nitrogens is 1. The highest BCUT2D eigenvalue weighted by Gasteiger charge is 2.24. The number of carbonyl (C=O) groups is 1. The van der Waals surface area contributed by atoms with Gasteiger partial charge in [0.1, 0.15) is 0 Å². The van der Waals surface area contributed by atoms with Crippen molar-refractivity contribution in [2.24, 2.45) is 0 Å². The van der Waals surface area contributed by atoms with Gasteiger partial charge in [0.2, 0.25) is 5.91 Å². The number of nitrogens with one attached hydrogen (secondary N) is 2. The average molecular weight is 342 g/mol. The molecule has 0 fully saturated rings. The molecule has 25 heavy (non-hydrogen) atoms. The molecule has 0 aliphatic carbocycles. The minimum atomic E-state index is -0.216. The fourth-order valence-electron chi connectivity index (χ4n) is 3.48. The molecule has 136 valence electrons. The van der Waals surface area contributed by atoms with E-state index in [1.54, 1.807) is 0 Å². The Hall–Kier alpha value is -2.14. The van der Waals surface area contributed by atoms with Gasteiger partial charge in [-0.3, -0.25) is 14.8 Å². The molecule has 0 aliphatic rings. The second-order valence-corrected chi connectivity index (χ2v) is 6.46. The Kier molecular flexibility index (Phi) is 6.76. The molecule has 0 saturated heterocycles. The van der Waals surface area contributed by atoms with Gasteiger partial charge in [0.05, 0.1) is 17.7 Å². The van der Waals surface area contributed by atoms with Gasteiger partial charge in [0, 0.05) is 17.8 Å². The molecule has 1 aromatic heterocycles. The third-order valence-electron chi connectivity index (χ3n) is 4.92. The molecule has 2 aromatic rings. The Bertz CT molecular complexity index is 657. The molecule has 1 heterocycles. The van der Waals surface area contributed by atoms with Crippen LogP contribution in [0, 0.1) is 13.8 Å². The molecule has 5 nitrogen and oxygen atoms in total. The van der Waals surface area contributed by atoms with Crippen molar-refractivity contribution in [3.63, 3.8) is 0 Å². The van der Waals surface area contributed by atoms with Crippen molar-refractivity contribution in [3.8, 4) is 0 Å². The minimum Gasteiger partial charge on any atom is -0.354 e. The number of rotatable bonds is 8. The highest BCUT2D eigenvalue weighted by molar-refractivity contribution is 5.83. The van der Waals surface area contributed by atoms with Crippen LogP contribution in [-0.2, 0) is 4.79 Å². The fourth-order valence-corrected chi connectivity index (χ4v) is 3.48. The van der Waals surface area contributed by atoms with Crippen LogP contribution in [0.1, 0.15) is 55.2 Å². The first-order valence-electron chi connectivity index (χ1n) is 9.07. The molecule has 1 aromatic carbocycles. The van der Waals surface area contributed by atoms with Gasteiger partial charge in [0.25, 0.3) is 0 Å². The number of hydrogen-bond acceptors (Lipinski definition) is 3. The predicted molar refractivity (Wildman–Crippen MR) is 102 cm³/mol. The molecule has 1 amide bonds. The van der Waals surface area contributed by atoms with Gasteiger partial charge in [-0.1, -0.05) is 44.2 Å². The van der Waals surface area contributed by atoms with E-state index in [4.69, 9.17) is 0 Å². The summed E-state index contributed by atoms with van der Waals surface area (Å²) in [7, 11) is 0. The highest BCUT2D eigenvalue weighted by Crippen LogP contribution is 2.23. The summed E-state index contributed by atoms with van der Waals surface area (Å²) >= 11 is 0. The van der Waals surface area contributed by atoms with Gasteiger partial charge in [0.15, 0.2) is 0 Å². The Morgan fingerprint density at radius 1 is 1.20 bits per heavy atom. The first-order chi connectivity index (χ1) is 12.0. The number of aryl methyl sites for hydroxylation is 2. The number of carbonyl (C=O) groups excluding carboxylic acids is 1. The van der Waals surface area contributed by atoms with Crippen LogP contribution in [0.15, 0.2) is 30.3 Å². The van der Waals surface area contributed by atoms with Crippen LogP contribution >= 0.6 is 0 Å². The summed E-state index contributed by atoms with van der Waals surface area (Å²) in [6.07, 6.45) is 0. The summed E-state index contributed by atoms with van der Waals surface area (Å²) in [5.74, 6) is -0.174. The Balaban J connectivity index is 2.11. The largest absolute Gasteiger partial charge is 0.354 e. The molecule has 0 spiro atoms. The number of amides is 1. The fraction of sp³-hybridized carbons (Fsp3) is 0.500. The van der Waals surface area contributed by atoms with Crippen molar-refractivity contribution in [3.05, 3.63) is 52.8 Å². The zero-order chi connectivity index (χ0) is 18.4. The van der Waals surface area contributed by atoms with E-state index in [9.17, 15) is 4.79 Å². The summed E-state index contributed by atoms with van der Waals surface area (Å²) in [6, 6.07) is 10.6. The predicted octanol–water partition coefficient (Wildman–Crippen LogP) is 3.33. The van der Waals surface area contributed by atoms with E-state index in [1.807, 2.05) is 26.8 Å². The topological polar surface area (TPSA) is 61.0 Å². The molecule has 0 radical (unpaired) electrons. The number of nitrogens with zero attached hydrogens (tertiary/aromatic N) is 2. The van der Waals surface area contributed by atoms with Crippen LogP contribution in [0.2, 0.25) is 0 Å². The zero-order valence-corrected chi connectivity index (χ0v) is 16.0. The van der Waals surface area contributed by atoms with Crippen LogP contribution in [0.3, 0.4) is 0 Å². The summed E-state index contributed by atoms with van der Waals surface area (Å²) in [4.78, 5) is 15.1. The van der Waals surface area contributed by atoms with E-state index >= 15 is 0 Å². The van der Waals surface area contributed by atoms with E-state index in [1.165, 1.54) is 5.56 Å². The molecule has 2 atom stereocenters. The number of likely N-dealkylation sites (N-methyl/N-ethyl adjacent to an activating group) is 1. The van der Waals surface area contributed by atoms with E-state index in [-0.39, 0.29) is 17.9 Å². The lowest BCUT2D eigenvalue weighted by atomic mass is 9.98. The van der Waals surface area contributed by atoms with E-state index in [0.717, 1.165) is 30.0 Å². The Morgan fingerprint density at radius 3 is 2.36 bits per heavy atom. The maximum absolute atomic E-state index is 12.7. The third-order valence-corrected chi connectivity index (χ3v) is 4.92. The van der Waals surface area contributed by atoms with Crippen LogP contribution in [0.5, 0.6) is 0 Å². The summed E-state index contributed by atoms with van der Waals surface area (Å²) in [6.45, 7) is 12.6. The second kappa shape index (κ2) is 8.81. The lowest BCUT2D eigenvalue weighted by Crippen LogP contribution is -2.39. The molecule has 2 N–H and O–H groups in total. The molecular formula is C20H30N4O. The van der Waals surface area contributed by atoms with Crippen molar-refractivity contribution in [2.45, 2.75) is 46.6 Å². The number of aromatic nitrogens is 2.